The maximum absolute atomic E-state index is 2.61. The van der Waals surface area contributed by atoms with Gasteiger partial charge in [-0.3, -0.25) is 0 Å². The lowest BCUT2D eigenvalue weighted by Crippen LogP contribution is -2.13. The van der Waals surface area contributed by atoms with Crippen LogP contribution in [0.1, 0.15) is 57.1 Å². The Morgan fingerprint density at radius 2 is 0.621 bits per heavy atom. The Hall–Kier alpha value is -7.82. The van der Waals surface area contributed by atoms with Gasteiger partial charge in [-0.25, -0.2) is 0 Å². The number of anilines is 9. The molecule has 0 fully saturated rings. The van der Waals surface area contributed by atoms with Crippen LogP contribution in [-0.2, 0) is 0 Å². The maximum atomic E-state index is 2.61. The number of rotatable bonds is 16. The van der Waals surface area contributed by atoms with Crippen molar-refractivity contribution in [2.75, 3.05) is 14.7 Å². The molecule has 1 heterocycles. The molecule has 1 aromatic heterocycles. The van der Waals surface area contributed by atoms with Crippen LogP contribution in [0.2, 0.25) is 0 Å². The summed E-state index contributed by atoms with van der Waals surface area (Å²) < 4.78 is 2.61. The van der Waals surface area contributed by atoms with Crippen LogP contribution >= 0.6 is 0 Å². The molecule has 0 aliphatic rings. The van der Waals surface area contributed by atoms with E-state index < -0.39 is 0 Å². The molecule has 0 spiro atoms. The topological polar surface area (TPSA) is 14.7 Å². The predicted octanol–water partition coefficient (Wildman–Crippen LogP) is 18.1. The molecule has 0 bridgehead atoms. The molecule has 0 saturated heterocycles. The minimum absolute atomic E-state index is 0.436. The zero-order valence-electron chi connectivity index (χ0n) is 37.9. The first-order chi connectivity index (χ1) is 32.6. The lowest BCUT2D eigenvalue weighted by Gasteiger charge is -2.29. The van der Waals surface area contributed by atoms with E-state index in [4.69, 9.17) is 0 Å². The SMILES string of the molecule is CCC(CCCC(C)c1ccc(N(c2ccc(N(c3ccccc3)c3ccccc3)cc2)c2ccc(N(c3ccccc3)c3ccccc3)cc2)cc1)n1c2ccccc2c2ccccc21. The molecule has 0 N–H and O–H groups in total. The fourth-order valence-corrected chi connectivity index (χ4v) is 9.79. The van der Waals surface area contributed by atoms with Gasteiger partial charge in [0.25, 0.3) is 0 Å². The molecule has 66 heavy (non-hydrogen) atoms. The van der Waals surface area contributed by atoms with Crippen molar-refractivity contribution >= 4 is 73.0 Å². The van der Waals surface area contributed by atoms with Crippen LogP contribution in [0, 0.1) is 0 Å². The minimum atomic E-state index is 0.436. The summed E-state index contributed by atoms with van der Waals surface area (Å²) in [5, 5.41) is 2.70. The molecule has 0 aliphatic carbocycles. The standard InChI is InChI=1S/C62H56N4/c1-3-49(66-61-33-18-16-31-59(61)60-32-17-19-34-62(60)66)30-20-21-47(2)48-35-37-54(38-36-48)65(57-43-39-55(40-44-57)63(50-22-8-4-9-23-50)51-24-10-5-11-25-51)58-45-41-56(42-46-58)64(52-26-12-6-13-27-52)53-28-14-7-15-29-53/h4-19,22-29,31-47,49H,3,20-21,30H2,1-2H3. The molecule has 2 atom stereocenters. The van der Waals surface area contributed by atoms with E-state index in [2.05, 4.69) is 276 Å². The van der Waals surface area contributed by atoms with Gasteiger partial charge in [0.15, 0.2) is 0 Å². The zero-order chi connectivity index (χ0) is 44.7. The Bertz CT molecular complexity index is 2830. The summed E-state index contributed by atoms with van der Waals surface area (Å²) in [6.45, 7) is 4.73. The molecule has 0 saturated carbocycles. The summed E-state index contributed by atoms with van der Waals surface area (Å²) in [6, 6.07) is 87.9. The molecule has 2 unspecified atom stereocenters. The Morgan fingerprint density at radius 1 is 0.333 bits per heavy atom. The van der Waals surface area contributed by atoms with E-state index in [1.54, 1.807) is 0 Å². The summed E-state index contributed by atoms with van der Waals surface area (Å²) >= 11 is 0. The number of fused-ring (bicyclic) bond motifs is 3. The number of nitrogens with zero attached hydrogens (tertiary/aromatic N) is 4. The van der Waals surface area contributed by atoms with Crippen molar-refractivity contribution in [1.29, 1.82) is 0 Å². The average molecular weight is 857 g/mol. The summed E-state index contributed by atoms with van der Waals surface area (Å²) in [6.07, 6.45) is 4.56. The third-order valence-electron chi connectivity index (χ3n) is 13.1. The van der Waals surface area contributed by atoms with Crippen LogP contribution in [0.4, 0.5) is 51.2 Å². The number of hydrogen-bond acceptors (Lipinski definition) is 3. The third-order valence-corrected chi connectivity index (χ3v) is 13.1. The van der Waals surface area contributed by atoms with E-state index >= 15 is 0 Å². The Morgan fingerprint density at radius 3 is 0.955 bits per heavy atom. The number of para-hydroxylation sites is 6. The predicted molar refractivity (Wildman–Crippen MR) is 282 cm³/mol. The van der Waals surface area contributed by atoms with Crippen molar-refractivity contribution in [2.24, 2.45) is 0 Å². The molecule has 0 aliphatic heterocycles. The Balaban J connectivity index is 0.941. The van der Waals surface area contributed by atoms with Crippen molar-refractivity contribution < 1.29 is 0 Å². The smallest absolute Gasteiger partial charge is 0.0493 e. The van der Waals surface area contributed by atoms with E-state index in [0.717, 1.165) is 70.4 Å². The summed E-state index contributed by atoms with van der Waals surface area (Å²) in [5.41, 5.74) is 14.0. The first-order valence-corrected chi connectivity index (χ1v) is 23.5. The molecule has 9 aromatic carbocycles. The van der Waals surface area contributed by atoms with Gasteiger partial charge in [0.05, 0.1) is 0 Å². The monoisotopic (exact) mass is 856 g/mol. The molecule has 324 valence electrons. The molecule has 4 nitrogen and oxygen atoms in total. The zero-order valence-corrected chi connectivity index (χ0v) is 37.9. The van der Waals surface area contributed by atoms with Gasteiger partial charge in [-0.2, -0.15) is 0 Å². The third kappa shape index (κ3) is 8.71. The highest BCUT2D eigenvalue weighted by molar-refractivity contribution is 6.08. The Kier molecular flexibility index (Phi) is 12.5. The van der Waals surface area contributed by atoms with Gasteiger partial charge in [-0.1, -0.05) is 142 Å². The number of hydrogen-bond donors (Lipinski definition) is 0. The van der Waals surface area contributed by atoms with Crippen LogP contribution in [0.15, 0.2) is 243 Å². The molecular weight excluding hydrogens is 801 g/mol. The van der Waals surface area contributed by atoms with Crippen LogP contribution in [0.5, 0.6) is 0 Å². The van der Waals surface area contributed by atoms with Gasteiger partial charge in [-0.15, -0.1) is 0 Å². The Labute approximate surface area is 390 Å². The summed E-state index contributed by atoms with van der Waals surface area (Å²) in [5.74, 6) is 0.436. The highest BCUT2D eigenvalue weighted by Crippen LogP contribution is 2.42. The second kappa shape index (κ2) is 19.5. The molecule has 0 amide bonds. The summed E-state index contributed by atoms with van der Waals surface area (Å²) in [4.78, 5) is 7.00. The second-order valence-electron chi connectivity index (χ2n) is 17.3. The molecule has 10 aromatic rings. The van der Waals surface area contributed by atoms with Crippen LogP contribution in [-0.4, -0.2) is 4.57 Å². The van der Waals surface area contributed by atoms with E-state index in [9.17, 15) is 0 Å². The van der Waals surface area contributed by atoms with Gasteiger partial charge in [0, 0.05) is 79.0 Å². The van der Waals surface area contributed by atoms with Crippen LogP contribution in [0.25, 0.3) is 21.8 Å². The van der Waals surface area contributed by atoms with Crippen molar-refractivity contribution in [3.8, 4) is 0 Å². The molecule has 4 heteroatoms. The summed E-state index contributed by atoms with van der Waals surface area (Å²) in [7, 11) is 0. The van der Waals surface area contributed by atoms with Gasteiger partial charge in [-0.05, 0) is 152 Å². The normalized spacial score (nSPS) is 12.2. The first kappa shape index (κ1) is 42.1. The number of aromatic nitrogens is 1. The van der Waals surface area contributed by atoms with E-state index in [0.29, 0.717) is 12.0 Å². The maximum Gasteiger partial charge on any atom is 0.0493 e. The molecule has 10 rings (SSSR count). The minimum Gasteiger partial charge on any atom is -0.337 e. The fraction of sp³-hybridized carbons (Fsp3) is 0.129. The van der Waals surface area contributed by atoms with Crippen LogP contribution in [0.3, 0.4) is 0 Å². The molecular formula is C62H56N4. The molecule has 0 radical (unpaired) electrons. The van der Waals surface area contributed by atoms with E-state index in [1.807, 2.05) is 0 Å². The largest absolute Gasteiger partial charge is 0.337 e. The van der Waals surface area contributed by atoms with Gasteiger partial charge in [0.2, 0.25) is 0 Å². The van der Waals surface area contributed by atoms with Gasteiger partial charge >= 0.3 is 0 Å². The number of benzene rings is 9. The average Bonchev–Trinajstić information content (AvgIpc) is 3.72. The highest BCUT2D eigenvalue weighted by atomic mass is 15.2. The van der Waals surface area contributed by atoms with E-state index in [1.165, 1.54) is 33.8 Å². The van der Waals surface area contributed by atoms with Crippen molar-refractivity contribution in [1.82, 2.24) is 4.57 Å². The van der Waals surface area contributed by atoms with E-state index in [-0.39, 0.29) is 0 Å². The van der Waals surface area contributed by atoms with Gasteiger partial charge in [0.1, 0.15) is 0 Å². The lowest BCUT2D eigenvalue weighted by molar-refractivity contribution is 0.442. The fourth-order valence-electron chi connectivity index (χ4n) is 9.79. The quantitative estimate of drug-likeness (QED) is 0.0962. The van der Waals surface area contributed by atoms with Crippen molar-refractivity contribution in [3.63, 3.8) is 0 Å². The van der Waals surface area contributed by atoms with Gasteiger partial charge < -0.3 is 19.3 Å². The van der Waals surface area contributed by atoms with Crippen LogP contribution < -0.4 is 14.7 Å². The highest BCUT2D eigenvalue weighted by Gasteiger charge is 2.20. The first-order valence-electron chi connectivity index (χ1n) is 23.5. The van der Waals surface area contributed by atoms with Crippen molar-refractivity contribution in [2.45, 2.75) is 51.5 Å². The second-order valence-corrected chi connectivity index (χ2v) is 17.3. The lowest BCUT2D eigenvalue weighted by atomic mass is 9.93. The van der Waals surface area contributed by atoms with Crippen molar-refractivity contribution in [3.05, 3.63) is 248 Å².